The van der Waals surface area contributed by atoms with E-state index in [0.717, 1.165) is 49.6 Å². The second-order valence-corrected chi connectivity index (χ2v) is 6.84. The van der Waals surface area contributed by atoms with Crippen LogP contribution in [-0.4, -0.2) is 51.0 Å². The van der Waals surface area contributed by atoms with Gasteiger partial charge in [-0.05, 0) is 60.2 Å². The van der Waals surface area contributed by atoms with E-state index >= 15 is 0 Å². The highest BCUT2D eigenvalue weighted by Crippen LogP contribution is 2.39. The van der Waals surface area contributed by atoms with Crippen LogP contribution in [0.4, 0.5) is 0 Å². The Kier molecular flexibility index (Phi) is 6.58. The fourth-order valence-corrected chi connectivity index (χ4v) is 3.85. The summed E-state index contributed by atoms with van der Waals surface area (Å²) in [5, 5.41) is 9.30. The van der Waals surface area contributed by atoms with E-state index in [1.54, 1.807) is 21.3 Å². The standard InChI is InChI=1S/C22H29NO4/c1-25-18-7-5-16(6-8-18)13-20-19-15-22(27-3)21(26-2)14-17(19)9-11-23(20)10-4-12-24/h5-8,14-15,20,24H,4,9-13H2,1-3H3/t20-/m1/s1. The molecule has 1 atom stereocenters. The molecule has 2 aromatic rings. The third kappa shape index (κ3) is 4.37. The molecule has 0 spiro atoms. The smallest absolute Gasteiger partial charge is 0.161 e. The van der Waals surface area contributed by atoms with Crippen molar-refractivity contribution < 1.29 is 19.3 Å². The fourth-order valence-electron chi connectivity index (χ4n) is 3.85. The molecule has 0 saturated carbocycles. The van der Waals surface area contributed by atoms with Gasteiger partial charge in [-0.15, -0.1) is 0 Å². The summed E-state index contributed by atoms with van der Waals surface area (Å²) in [7, 11) is 5.03. The van der Waals surface area contributed by atoms with E-state index in [1.165, 1.54) is 16.7 Å². The van der Waals surface area contributed by atoms with Crippen molar-refractivity contribution in [1.29, 1.82) is 0 Å². The summed E-state index contributed by atoms with van der Waals surface area (Å²) in [6.45, 7) is 2.07. The molecule has 0 aliphatic carbocycles. The molecule has 1 aliphatic heterocycles. The number of methoxy groups -OCH3 is 3. The molecule has 146 valence electrons. The largest absolute Gasteiger partial charge is 0.497 e. The third-order valence-corrected chi connectivity index (χ3v) is 5.31. The van der Waals surface area contributed by atoms with Crippen LogP contribution in [0, 0.1) is 0 Å². The van der Waals surface area contributed by atoms with Crippen LogP contribution in [0.15, 0.2) is 36.4 Å². The highest BCUT2D eigenvalue weighted by atomic mass is 16.5. The zero-order valence-electron chi connectivity index (χ0n) is 16.4. The summed E-state index contributed by atoms with van der Waals surface area (Å²) in [6, 6.07) is 12.7. The molecule has 0 fully saturated rings. The number of nitrogens with zero attached hydrogens (tertiary/aromatic N) is 1. The normalized spacial score (nSPS) is 16.7. The average Bonchev–Trinajstić information content (AvgIpc) is 2.72. The maximum absolute atomic E-state index is 9.30. The first-order valence-electron chi connectivity index (χ1n) is 9.42. The van der Waals surface area contributed by atoms with Crippen molar-refractivity contribution in [2.45, 2.75) is 25.3 Å². The van der Waals surface area contributed by atoms with Crippen molar-refractivity contribution in [2.24, 2.45) is 0 Å². The Labute approximate surface area is 161 Å². The first kappa shape index (κ1) is 19.5. The summed E-state index contributed by atoms with van der Waals surface area (Å²) in [5.74, 6) is 2.41. The molecule has 1 N–H and O–H groups in total. The van der Waals surface area contributed by atoms with Crippen LogP contribution in [0.5, 0.6) is 17.2 Å². The fraction of sp³-hybridized carbons (Fsp3) is 0.455. The van der Waals surface area contributed by atoms with E-state index in [1.807, 2.05) is 12.1 Å². The third-order valence-electron chi connectivity index (χ3n) is 5.31. The van der Waals surface area contributed by atoms with Crippen LogP contribution in [0.2, 0.25) is 0 Å². The van der Waals surface area contributed by atoms with Gasteiger partial charge in [0.05, 0.1) is 21.3 Å². The predicted octanol–water partition coefficient (Wildman–Crippen LogP) is 3.24. The number of ether oxygens (including phenoxy) is 3. The van der Waals surface area contributed by atoms with Crippen molar-refractivity contribution in [3.63, 3.8) is 0 Å². The zero-order chi connectivity index (χ0) is 19.2. The summed E-state index contributed by atoms with van der Waals surface area (Å²) in [6.07, 6.45) is 2.65. The van der Waals surface area contributed by atoms with E-state index in [-0.39, 0.29) is 12.6 Å². The van der Waals surface area contributed by atoms with Gasteiger partial charge in [0.2, 0.25) is 0 Å². The molecule has 0 unspecified atom stereocenters. The Morgan fingerprint density at radius 2 is 1.70 bits per heavy atom. The van der Waals surface area contributed by atoms with Crippen LogP contribution < -0.4 is 14.2 Å². The molecule has 3 rings (SSSR count). The number of benzene rings is 2. The Hall–Kier alpha value is -2.24. The van der Waals surface area contributed by atoms with Crippen molar-refractivity contribution in [3.05, 3.63) is 53.1 Å². The summed E-state index contributed by atoms with van der Waals surface area (Å²) in [5.41, 5.74) is 3.86. The lowest BCUT2D eigenvalue weighted by molar-refractivity contribution is 0.163. The molecule has 5 heteroatoms. The molecule has 0 amide bonds. The van der Waals surface area contributed by atoms with Crippen LogP contribution in [-0.2, 0) is 12.8 Å². The highest BCUT2D eigenvalue weighted by molar-refractivity contribution is 5.50. The minimum atomic E-state index is 0.213. The number of rotatable bonds is 8. The zero-order valence-corrected chi connectivity index (χ0v) is 16.4. The second-order valence-electron chi connectivity index (χ2n) is 6.84. The molecule has 1 heterocycles. The molecule has 2 aromatic carbocycles. The molecule has 0 bridgehead atoms. The highest BCUT2D eigenvalue weighted by Gasteiger charge is 2.29. The average molecular weight is 371 g/mol. The maximum atomic E-state index is 9.30. The Bertz CT molecular complexity index is 745. The summed E-state index contributed by atoms with van der Waals surface area (Å²) in [4.78, 5) is 2.47. The molecular formula is C22H29NO4. The number of hydrogen-bond acceptors (Lipinski definition) is 5. The lowest BCUT2D eigenvalue weighted by atomic mass is 9.88. The molecule has 0 radical (unpaired) electrons. The van der Waals surface area contributed by atoms with E-state index in [0.29, 0.717) is 0 Å². The topological polar surface area (TPSA) is 51.2 Å². The van der Waals surface area contributed by atoms with Gasteiger partial charge in [0.1, 0.15) is 5.75 Å². The van der Waals surface area contributed by atoms with E-state index in [4.69, 9.17) is 14.2 Å². The minimum absolute atomic E-state index is 0.213. The van der Waals surface area contributed by atoms with Gasteiger partial charge >= 0.3 is 0 Å². The number of hydrogen-bond donors (Lipinski definition) is 1. The van der Waals surface area contributed by atoms with E-state index in [9.17, 15) is 5.11 Å². The minimum Gasteiger partial charge on any atom is -0.497 e. The Morgan fingerprint density at radius 3 is 2.33 bits per heavy atom. The van der Waals surface area contributed by atoms with Crippen molar-refractivity contribution in [3.8, 4) is 17.2 Å². The van der Waals surface area contributed by atoms with Gasteiger partial charge in [-0.25, -0.2) is 0 Å². The molecule has 27 heavy (non-hydrogen) atoms. The van der Waals surface area contributed by atoms with E-state index in [2.05, 4.69) is 29.2 Å². The Morgan fingerprint density at radius 1 is 1.00 bits per heavy atom. The van der Waals surface area contributed by atoms with E-state index < -0.39 is 0 Å². The maximum Gasteiger partial charge on any atom is 0.161 e. The van der Waals surface area contributed by atoms with Gasteiger partial charge in [-0.2, -0.15) is 0 Å². The second kappa shape index (κ2) is 9.11. The van der Waals surface area contributed by atoms with Crippen LogP contribution >= 0.6 is 0 Å². The van der Waals surface area contributed by atoms with Crippen LogP contribution in [0.25, 0.3) is 0 Å². The molecular weight excluding hydrogens is 342 g/mol. The predicted molar refractivity (Wildman–Crippen MR) is 106 cm³/mol. The molecule has 5 nitrogen and oxygen atoms in total. The van der Waals surface area contributed by atoms with Crippen molar-refractivity contribution in [1.82, 2.24) is 4.90 Å². The van der Waals surface area contributed by atoms with Crippen molar-refractivity contribution >= 4 is 0 Å². The first-order chi connectivity index (χ1) is 13.2. The quantitative estimate of drug-likeness (QED) is 0.772. The molecule has 0 aromatic heterocycles. The summed E-state index contributed by atoms with van der Waals surface area (Å²) >= 11 is 0. The monoisotopic (exact) mass is 371 g/mol. The summed E-state index contributed by atoms with van der Waals surface area (Å²) < 4.78 is 16.3. The molecule has 0 saturated heterocycles. The van der Waals surface area contributed by atoms with Gasteiger partial charge in [0, 0.05) is 25.7 Å². The van der Waals surface area contributed by atoms with Gasteiger partial charge in [-0.1, -0.05) is 12.1 Å². The van der Waals surface area contributed by atoms with Crippen LogP contribution in [0.3, 0.4) is 0 Å². The number of aliphatic hydroxyl groups is 1. The van der Waals surface area contributed by atoms with Crippen LogP contribution in [0.1, 0.15) is 29.2 Å². The molecule has 1 aliphatic rings. The first-order valence-corrected chi connectivity index (χ1v) is 9.42. The van der Waals surface area contributed by atoms with Gasteiger partial charge < -0.3 is 19.3 Å². The lowest BCUT2D eigenvalue weighted by Crippen LogP contribution is -2.37. The number of aliphatic hydroxyl groups excluding tert-OH is 1. The lowest BCUT2D eigenvalue weighted by Gasteiger charge is -2.38. The van der Waals surface area contributed by atoms with Gasteiger partial charge in [-0.3, -0.25) is 4.90 Å². The van der Waals surface area contributed by atoms with Gasteiger partial charge in [0.25, 0.3) is 0 Å². The number of fused-ring (bicyclic) bond motifs is 1. The SMILES string of the molecule is COc1ccc(C[C@@H]2c3cc(OC)c(OC)cc3CCN2CCCO)cc1. The van der Waals surface area contributed by atoms with Crippen molar-refractivity contribution in [2.75, 3.05) is 41.0 Å². The van der Waals surface area contributed by atoms with Gasteiger partial charge in [0.15, 0.2) is 11.5 Å². The Balaban J connectivity index is 1.94.